The number of hydrogen-bond acceptors (Lipinski definition) is 10. The third-order valence-electron chi connectivity index (χ3n) is 8.97. The summed E-state index contributed by atoms with van der Waals surface area (Å²) in [7, 11) is 3.06. The first-order chi connectivity index (χ1) is 21.9. The van der Waals surface area contributed by atoms with Gasteiger partial charge < -0.3 is 29.6 Å². The molecule has 0 spiro atoms. The summed E-state index contributed by atoms with van der Waals surface area (Å²) < 4.78 is 27.4. The predicted octanol–water partition coefficient (Wildman–Crippen LogP) is 4.88. The van der Waals surface area contributed by atoms with E-state index in [-0.39, 0.29) is 49.0 Å². The number of fused-ring (bicyclic) bond motifs is 5. The number of alkyl carbamates (subject to hydrolysis) is 1. The lowest BCUT2D eigenvalue weighted by Crippen LogP contribution is -2.44. The molecule has 1 amide bonds. The van der Waals surface area contributed by atoms with Crippen LogP contribution in [0, 0.1) is 12.7 Å². The number of rotatable bonds is 10. The van der Waals surface area contributed by atoms with E-state index >= 15 is 4.39 Å². The number of pyridine rings is 2. The number of aliphatic carboxylic acids is 1. The number of hydrogen-bond donors (Lipinski definition) is 3. The maximum Gasteiger partial charge on any atom is 0.407 e. The van der Waals surface area contributed by atoms with Crippen molar-refractivity contribution >= 4 is 50.5 Å². The number of carboxylic acid groups (broad SMARTS) is 1. The lowest BCUT2D eigenvalue weighted by molar-refractivity contribution is -0.172. The Labute approximate surface area is 271 Å². The van der Waals surface area contributed by atoms with Crippen LogP contribution in [0.15, 0.2) is 16.9 Å². The van der Waals surface area contributed by atoms with Crippen molar-refractivity contribution in [3.05, 3.63) is 61.7 Å². The second-order valence-electron chi connectivity index (χ2n) is 11.9. The summed E-state index contributed by atoms with van der Waals surface area (Å²) in [5.41, 5.74) is 1.99. The van der Waals surface area contributed by atoms with Gasteiger partial charge in [0.1, 0.15) is 19.0 Å². The number of nitrogens with zero attached hydrogens (tertiary/aromatic N) is 2. The van der Waals surface area contributed by atoms with Crippen molar-refractivity contribution in [2.45, 2.75) is 82.9 Å². The molecule has 244 valence electrons. The Morgan fingerprint density at radius 1 is 1.28 bits per heavy atom. The molecule has 0 radical (unpaired) electrons. The van der Waals surface area contributed by atoms with Gasteiger partial charge in [-0.05, 0) is 62.3 Å². The number of cyclic esters (lactones) is 1. The minimum absolute atomic E-state index is 0.00741. The van der Waals surface area contributed by atoms with Crippen LogP contribution < -0.4 is 10.9 Å². The lowest BCUT2D eigenvalue weighted by atomic mass is 9.81. The third kappa shape index (κ3) is 5.53. The standard InChI is InChI=1S/C32H34FN3O8S2/c1-4-32(42)20-10-24-28-18(12-36(24)29(39)19(20)14-43-30(32)40)27-22(8-7-17-16(3)21(33)11-23(34-28)26(17)27)35-31(41)44-13-15(2)46-45-9-5-6-25(37)38/h10-11,15,22,42H,4-9,12-14H2,1-3H3,(H,35,41)(H,37,38)/t15?,22-,32-/m0/s1. The van der Waals surface area contributed by atoms with Crippen LogP contribution in [-0.4, -0.2) is 55.4 Å². The molecule has 3 N–H and O–H groups in total. The third-order valence-corrected chi connectivity index (χ3v) is 11.9. The van der Waals surface area contributed by atoms with Gasteiger partial charge in [0.05, 0.1) is 35.1 Å². The average Bonchev–Trinajstić information content (AvgIpc) is 3.39. The molecule has 3 atom stereocenters. The molecule has 2 aromatic heterocycles. The maximum absolute atomic E-state index is 15.1. The molecule has 46 heavy (non-hydrogen) atoms. The van der Waals surface area contributed by atoms with Crippen LogP contribution in [0.5, 0.6) is 0 Å². The number of ether oxygens (including phenoxy) is 2. The number of aryl methyl sites for hydroxylation is 1. The molecule has 14 heteroatoms. The highest BCUT2D eigenvalue weighted by molar-refractivity contribution is 8.76. The second kappa shape index (κ2) is 12.5. The maximum atomic E-state index is 15.1. The number of amides is 1. The Balaban J connectivity index is 1.32. The van der Waals surface area contributed by atoms with Crippen molar-refractivity contribution in [3.8, 4) is 11.4 Å². The zero-order valence-electron chi connectivity index (χ0n) is 25.6. The molecule has 2 aliphatic heterocycles. The second-order valence-corrected chi connectivity index (χ2v) is 14.8. The topological polar surface area (TPSA) is 157 Å². The van der Waals surface area contributed by atoms with Gasteiger partial charge in [-0.1, -0.05) is 28.5 Å². The van der Waals surface area contributed by atoms with Crippen molar-refractivity contribution < 1.29 is 38.5 Å². The first-order valence-corrected chi connectivity index (χ1v) is 17.6. The van der Waals surface area contributed by atoms with Crippen LogP contribution in [0.25, 0.3) is 22.3 Å². The summed E-state index contributed by atoms with van der Waals surface area (Å²) in [5.74, 6) is -1.37. The Hall–Kier alpha value is -3.62. The molecular weight excluding hydrogens is 637 g/mol. The van der Waals surface area contributed by atoms with Gasteiger partial charge in [-0.3, -0.25) is 9.59 Å². The number of nitrogens with one attached hydrogen (secondary N) is 1. The predicted molar refractivity (Wildman–Crippen MR) is 171 cm³/mol. The van der Waals surface area contributed by atoms with Gasteiger partial charge in [0, 0.05) is 40.0 Å². The largest absolute Gasteiger partial charge is 0.481 e. The molecule has 4 heterocycles. The van der Waals surface area contributed by atoms with Crippen molar-refractivity contribution in [1.82, 2.24) is 14.9 Å². The average molecular weight is 672 g/mol. The monoisotopic (exact) mass is 671 g/mol. The first kappa shape index (κ1) is 32.3. The summed E-state index contributed by atoms with van der Waals surface area (Å²) in [6.45, 7) is 5.31. The molecule has 0 saturated carbocycles. The zero-order chi connectivity index (χ0) is 32.9. The summed E-state index contributed by atoms with van der Waals surface area (Å²) in [6, 6.07) is 2.47. The van der Waals surface area contributed by atoms with Crippen LogP contribution in [0.2, 0.25) is 0 Å². The number of benzene rings is 1. The number of carbonyl (C=O) groups excluding carboxylic acids is 2. The van der Waals surface area contributed by atoms with Crippen LogP contribution in [0.3, 0.4) is 0 Å². The Morgan fingerprint density at radius 2 is 2.07 bits per heavy atom. The molecule has 1 aromatic carbocycles. The fraction of sp³-hybridized carbons (Fsp3) is 0.469. The molecule has 11 nitrogen and oxygen atoms in total. The number of carboxylic acids is 1. The minimum atomic E-state index is -1.98. The molecule has 0 bridgehead atoms. The van der Waals surface area contributed by atoms with Gasteiger partial charge >= 0.3 is 18.0 Å². The van der Waals surface area contributed by atoms with Crippen LogP contribution in [0.1, 0.15) is 79.0 Å². The number of aliphatic hydroxyl groups is 1. The van der Waals surface area contributed by atoms with Crippen LogP contribution >= 0.6 is 21.6 Å². The van der Waals surface area contributed by atoms with Crippen molar-refractivity contribution in [3.63, 3.8) is 0 Å². The summed E-state index contributed by atoms with van der Waals surface area (Å²) in [5, 5.41) is 23.7. The Bertz CT molecular complexity index is 1850. The molecular formula is C32H34FN3O8S2. The van der Waals surface area contributed by atoms with Gasteiger partial charge in [0.15, 0.2) is 5.60 Å². The van der Waals surface area contributed by atoms with E-state index in [1.54, 1.807) is 19.9 Å². The van der Waals surface area contributed by atoms with E-state index < -0.39 is 41.1 Å². The minimum Gasteiger partial charge on any atom is -0.481 e. The number of aromatic nitrogens is 2. The van der Waals surface area contributed by atoms with Crippen molar-refractivity contribution in [2.24, 2.45) is 0 Å². The Morgan fingerprint density at radius 3 is 2.80 bits per heavy atom. The molecule has 1 aliphatic carbocycles. The van der Waals surface area contributed by atoms with Crippen LogP contribution in [-0.2, 0) is 44.2 Å². The molecule has 6 rings (SSSR count). The fourth-order valence-electron chi connectivity index (χ4n) is 6.55. The van der Waals surface area contributed by atoms with Crippen molar-refractivity contribution in [1.29, 1.82) is 0 Å². The molecule has 3 aliphatic rings. The molecule has 0 saturated heterocycles. The van der Waals surface area contributed by atoms with E-state index in [9.17, 15) is 24.3 Å². The summed E-state index contributed by atoms with van der Waals surface area (Å²) >= 11 is 0. The van der Waals surface area contributed by atoms with Gasteiger partial charge in [-0.2, -0.15) is 0 Å². The van der Waals surface area contributed by atoms with E-state index in [0.29, 0.717) is 53.0 Å². The van der Waals surface area contributed by atoms with Gasteiger partial charge in [-0.15, -0.1) is 0 Å². The summed E-state index contributed by atoms with van der Waals surface area (Å²) in [6.07, 6.45) is 1.04. The highest BCUT2D eigenvalue weighted by Gasteiger charge is 2.46. The number of esters is 1. The number of halogens is 1. The van der Waals surface area contributed by atoms with E-state index in [4.69, 9.17) is 19.6 Å². The smallest absolute Gasteiger partial charge is 0.407 e. The highest BCUT2D eigenvalue weighted by atomic mass is 33.1. The molecule has 3 aromatic rings. The van der Waals surface area contributed by atoms with Gasteiger partial charge in [0.25, 0.3) is 5.56 Å². The normalized spacial score (nSPS) is 20.0. The zero-order valence-corrected chi connectivity index (χ0v) is 27.2. The SMILES string of the molecule is CC[C@@]1(O)C(=O)OCc2c1cc1n(c2=O)Cc2c-1nc1cc(F)c(C)c3c1c2[C@@H](NC(=O)OCC(C)SSCCCC(=O)O)CC3. The number of carbonyl (C=O) groups is 3. The van der Waals surface area contributed by atoms with Crippen LogP contribution in [0.4, 0.5) is 9.18 Å². The van der Waals surface area contributed by atoms with Gasteiger partial charge in [-0.25, -0.2) is 19.0 Å². The molecule has 0 fully saturated rings. The van der Waals surface area contributed by atoms with E-state index in [1.807, 2.05) is 6.92 Å². The van der Waals surface area contributed by atoms with E-state index in [1.165, 1.54) is 32.2 Å². The Kier molecular flexibility index (Phi) is 8.81. The van der Waals surface area contributed by atoms with E-state index in [2.05, 4.69) is 5.32 Å². The van der Waals surface area contributed by atoms with Gasteiger partial charge in [0.2, 0.25) is 0 Å². The summed E-state index contributed by atoms with van der Waals surface area (Å²) in [4.78, 5) is 55.0. The quantitative estimate of drug-likeness (QED) is 0.120. The fourth-order valence-corrected chi connectivity index (χ4v) is 8.77. The van der Waals surface area contributed by atoms with E-state index in [0.717, 1.165) is 16.5 Å². The first-order valence-electron chi connectivity index (χ1n) is 15.2. The molecule has 1 unspecified atom stereocenters. The highest BCUT2D eigenvalue weighted by Crippen LogP contribution is 2.46. The lowest BCUT2D eigenvalue weighted by Gasteiger charge is -2.31. The van der Waals surface area contributed by atoms with Crippen molar-refractivity contribution in [2.75, 3.05) is 12.4 Å².